The van der Waals surface area contributed by atoms with Crippen LogP contribution < -0.4 is 9.80 Å². The maximum absolute atomic E-state index is 9.78. The Morgan fingerprint density at radius 2 is 1.91 bits per heavy atom. The van der Waals surface area contributed by atoms with Crippen molar-refractivity contribution in [3.05, 3.63) is 12.4 Å². The van der Waals surface area contributed by atoms with Crippen LogP contribution in [0.4, 0.5) is 11.6 Å². The normalized spacial score (nSPS) is 26.3. The molecule has 0 saturated carbocycles. The van der Waals surface area contributed by atoms with Crippen LogP contribution in [0.5, 0.6) is 0 Å². The molecule has 0 bridgehead atoms. The smallest absolute Gasteiger partial charge is 0.134 e. The number of hydrogen-bond acceptors (Lipinski definition) is 6. The summed E-state index contributed by atoms with van der Waals surface area (Å²) in [5, 5.41) is 9.78. The highest BCUT2D eigenvalue weighted by Gasteiger charge is 2.34. The van der Waals surface area contributed by atoms with Crippen LogP contribution in [0, 0.1) is 5.41 Å². The zero-order valence-corrected chi connectivity index (χ0v) is 13.4. The summed E-state index contributed by atoms with van der Waals surface area (Å²) in [7, 11) is 0. The second-order valence-corrected chi connectivity index (χ2v) is 6.37. The molecule has 0 spiro atoms. The van der Waals surface area contributed by atoms with E-state index in [1.54, 1.807) is 6.33 Å². The molecule has 2 aliphatic rings. The van der Waals surface area contributed by atoms with Crippen molar-refractivity contribution >= 4 is 11.6 Å². The zero-order chi connectivity index (χ0) is 15.4. The van der Waals surface area contributed by atoms with Gasteiger partial charge in [0.1, 0.15) is 18.0 Å². The standard InChI is InChI=1S/C16H26N4O2/c1-2-16(12-21)4-3-5-20(11-16)15-10-14(17-13-18-15)19-6-8-22-9-7-19/h10,13,21H,2-9,11-12H2,1H3/t16-/m0/s1. The van der Waals surface area contributed by atoms with Gasteiger partial charge < -0.3 is 19.6 Å². The number of ether oxygens (including phenoxy) is 1. The molecule has 3 heterocycles. The molecular formula is C16H26N4O2. The van der Waals surface area contributed by atoms with Crippen LogP contribution in [0.3, 0.4) is 0 Å². The van der Waals surface area contributed by atoms with Gasteiger partial charge >= 0.3 is 0 Å². The topological polar surface area (TPSA) is 61.7 Å². The second kappa shape index (κ2) is 6.79. The van der Waals surface area contributed by atoms with Gasteiger partial charge in [0.15, 0.2) is 0 Å². The Bertz CT molecular complexity index is 487. The summed E-state index contributed by atoms with van der Waals surface area (Å²) in [6, 6.07) is 2.08. The molecule has 6 nitrogen and oxygen atoms in total. The lowest BCUT2D eigenvalue weighted by Gasteiger charge is -2.42. The highest BCUT2D eigenvalue weighted by atomic mass is 16.5. The van der Waals surface area contributed by atoms with Crippen LogP contribution >= 0.6 is 0 Å². The largest absolute Gasteiger partial charge is 0.396 e. The predicted molar refractivity (Wildman–Crippen MR) is 86.3 cm³/mol. The van der Waals surface area contributed by atoms with Crippen molar-refractivity contribution in [2.45, 2.75) is 26.2 Å². The van der Waals surface area contributed by atoms with Gasteiger partial charge in [-0.3, -0.25) is 0 Å². The number of piperidine rings is 1. The van der Waals surface area contributed by atoms with E-state index in [0.29, 0.717) is 0 Å². The minimum Gasteiger partial charge on any atom is -0.396 e. The molecule has 2 saturated heterocycles. The van der Waals surface area contributed by atoms with Crippen molar-refractivity contribution in [3.63, 3.8) is 0 Å². The van der Waals surface area contributed by atoms with Crippen molar-refractivity contribution in [2.75, 3.05) is 55.8 Å². The minimum atomic E-state index is 0.0162. The number of aliphatic hydroxyl groups is 1. The Hall–Kier alpha value is -1.40. The molecule has 1 N–H and O–H groups in total. The van der Waals surface area contributed by atoms with E-state index in [4.69, 9.17) is 4.74 Å². The van der Waals surface area contributed by atoms with Crippen LogP contribution in [0.2, 0.25) is 0 Å². The molecule has 1 aromatic rings. The number of aliphatic hydroxyl groups excluding tert-OH is 1. The summed E-state index contributed by atoms with van der Waals surface area (Å²) in [5.41, 5.74) is 0.0162. The van der Waals surface area contributed by atoms with Gasteiger partial charge in [0.05, 0.1) is 19.8 Å². The number of aromatic nitrogens is 2. The maximum Gasteiger partial charge on any atom is 0.134 e. The first-order chi connectivity index (χ1) is 10.8. The fraction of sp³-hybridized carbons (Fsp3) is 0.750. The number of nitrogens with zero attached hydrogens (tertiary/aromatic N) is 4. The lowest BCUT2D eigenvalue weighted by molar-refractivity contribution is 0.101. The molecule has 122 valence electrons. The van der Waals surface area contributed by atoms with Crippen molar-refractivity contribution in [1.82, 2.24) is 9.97 Å². The number of rotatable bonds is 4. The molecule has 2 fully saturated rings. The highest BCUT2D eigenvalue weighted by molar-refractivity contribution is 5.50. The molecule has 1 aromatic heterocycles. The predicted octanol–water partition coefficient (Wildman–Crippen LogP) is 1.30. The van der Waals surface area contributed by atoms with Gasteiger partial charge in [0.2, 0.25) is 0 Å². The molecule has 0 unspecified atom stereocenters. The van der Waals surface area contributed by atoms with Crippen LogP contribution in [0.15, 0.2) is 12.4 Å². The molecule has 0 radical (unpaired) electrons. The summed E-state index contributed by atoms with van der Waals surface area (Å²) in [6.45, 7) is 7.57. The first-order valence-electron chi connectivity index (χ1n) is 8.27. The van der Waals surface area contributed by atoms with E-state index in [-0.39, 0.29) is 12.0 Å². The van der Waals surface area contributed by atoms with E-state index < -0.39 is 0 Å². The minimum absolute atomic E-state index is 0.0162. The van der Waals surface area contributed by atoms with Gasteiger partial charge in [0.25, 0.3) is 0 Å². The van der Waals surface area contributed by atoms with Gasteiger partial charge in [-0.2, -0.15) is 0 Å². The third-order valence-corrected chi connectivity index (χ3v) is 5.04. The molecule has 6 heteroatoms. The van der Waals surface area contributed by atoms with Crippen molar-refractivity contribution in [2.24, 2.45) is 5.41 Å². The fourth-order valence-corrected chi connectivity index (χ4v) is 3.41. The molecule has 2 aliphatic heterocycles. The highest BCUT2D eigenvalue weighted by Crippen LogP contribution is 2.34. The number of morpholine rings is 1. The van der Waals surface area contributed by atoms with Crippen LogP contribution in [0.1, 0.15) is 26.2 Å². The molecule has 22 heavy (non-hydrogen) atoms. The third-order valence-electron chi connectivity index (χ3n) is 5.04. The first-order valence-corrected chi connectivity index (χ1v) is 8.27. The summed E-state index contributed by atoms with van der Waals surface area (Å²) < 4.78 is 5.40. The van der Waals surface area contributed by atoms with E-state index in [2.05, 4.69) is 32.8 Å². The molecule has 0 amide bonds. The Labute approximate surface area is 132 Å². The van der Waals surface area contributed by atoms with E-state index >= 15 is 0 Å². The number of hydrogen-bond donors (Lipinski definition) is 1. The lowest BCUT2D eigenvalue weighted by atomic mass is 9.78. The SMILES string of the molecule is CC[C@]1(CO)CCCN(c2cc(N3CCOCC3)ncn2)C1. The quantitative estimate of drug-likeness (QED) is 0.905. The number of anilines is 2. The van der Waals surface area contributed by atoms with E-state index in [9.17, 15) is 5.11 Å². The van der Waals surface area contributed by atoms with Gasteiger partial charge in [0, 0.05) is 37.7 Å². The summed E-state index contributed by atoms with van der Waals surface area (Å²) in [6.07, 6.45) is 4.85. The van der Waals surface area contributed by atoms with Gasteiger partial charge in [-0.05, 0) is 19.3 Å². The summed E-state index contributed by atoms with van der Waals surface area (Å²) in [5.74, 6) is 1.95. The molecule has 3 rings (SSSR count). The fourth-order valence-electron chi connectivity index (χ4n) is 3.41. The van der Waals surface area contributed by atoms with Crippen molar-refractivity contribution in [3.8, 4) is 0 Å². The Morgan fingerprint density at radius 1 is 1.18 bits per heavy atom. The van der Waals surface area contributed by atoms with E-state index in [1.807, 2.05) is 0 Å². The van der Waals surface area contributed by atoms with Crippen LogP contribution in [0.25, 0.3) is 0 Å². The Kier molecular flexibility index (Phi) is 4.78. The third kappa shape index (κ3) is 3.17. The van der Waals surface area contributed by atoms with Crippen molar-refractivity contribution in [1.29, 1.82) is 0 Å². The maximum atomic E-state index is 9.78. The average molecular weight is 306 g/mol. The average Bonchev–Trinajstić information content (AvgIpc) is 2.62. The molecular weight excluding hydrogens is 280 g/mol. The van der Waals surface area contributed by atoms with Gasteiger partial charge in [-0.1, -0.05) is 6.92 Å². The van der Waals surface area contributed by atoms with Gasteiger partial charge in [-0.25, -0.2) is 9.97 Å². The van der Waals surface area contributed by atoms with E-state index in [1.165, 1.54) is 0 Å². The second-order valence-electron chi connectivity index (χ2n) is 6.37. The van der Waals surface area contributed by atoms with E-state index in [0.717, 1.165) is 70.3 Å². The Balaban J connectivity index is 1.76. The summed E-state index contributed by atoms with van der Waals surface area (Å²) in [4.78, 5) is 13.4. The summed E-state index contributed by atoms with van der Waals surface area (Å²) >= 11 is 0. The molecule has 1 atom stereocenters. The van der Waals surface area contributed by atoms with Crippen LogP contribution in [-0.2, 0) is 4.74 Å². The molecule has 0 aliphatic carbocycles. The van der Waals surface area contributed by atoms with Crippen LogP contribution in [-0.4, -0.2) is 61.1 Å². The van der Waals surface area contributed by atoms with Gasteiger partial charge in [-0.15, -0.1) is 0 Å². The molecule has 0 aromatic carbocycles. The first kappa shape index (κ1) is 15.5. The zero-order valence-electron chi connectivity index (χ0n) is 13.4. The lowest BCUT2D eigenvalue weighted by Crippen LogP contribution is -2.45. The Morgan fingerprint density at radius 3 is 2.59 bits per heavy atom. The monoisotopic (exact) mass is 306 g/mol. The van der Waals surface area contributed by atoms with Crippen molar-refractivity contribution < 1.29 is 9.84 Å².